The fourth-order valence-electron chi connectivity index (χ4n) is 2.84. The molecule has 2 nitrogen and oxygen atoms in total. The quantitative estimate of drug-likeness (QED) is 0.253. The molecule has 0 aliphatic heterocycles. The second kappa shape index (κ2) is 7.70. The third-order valence-corrected chi connectivity index (χ3v) is 5.59. The number of benzene rings is 3. The van der Waals surface area contributed by atoms with Crippen LogP contribution in [0.2, 0.25) is 5.02 Å². The Morgan fingerprint density at radius 2 is 1.35 bits per heavy atom. The van der Waals surface area contributed by atoms with E-state index in [-0.39, 0.29) is 0 Å². The van der Waals surface area contributed by atoms with Gasteiger partial charge < -0.3 is 4.98 Å². The highest BCUT2D eigenvalue weighted by atomic mass is 127. The lowest BCUT2D eigenvalue weighted by atomic mass is 10.1. The number of halogens is 3. The Morgan fingerprint density at radius 3 is 2.04 bits per heavy atom. The van der Waals surface area contributed by atoms with Gasteiger partial charge in [-0.1, -0.05) is 48.0 Å². The van der Waals surface area contributed by atoms with Crippen LogP contribution in [0.1, 0.15) is 0 Å². The monoisotopic (exact) mass is 582 g/mol. The number of H-pyrrole nitrogens is 1. The van der Waals surface area contributed by atoms with Gasteiger partial charge in [-0.2, -0.15) is 0 Å². The minimum atomic E-state index is 0.700. The average molecular weight is 583 g/mol. The van der Waals surface area contributed by atoms with Gasteiger partial charge in [-0.25, -0.2) is 4.98 Å². The van der Waals surface area contributed by atoms with E-state index in [0.29, 0.717) is 5.02 Å². The first-order valence-electron chi connectivity index (χ1n) is 7.98. The highest BCUT2D eigenvalue weighted by molar-refractivity contribution is 14.1. The van der Waals surface area contributed by atoms with Crippen LogP contribution in [0.5, 0.6) is 0 Å². The van der Waals surface area contributed by atoms with Gasteiger partial charge in [0.15, 0.2) is 0 Å². The van der Waals surface area contributed by atoms with E-state index in [2.05, 4.69) is 98.7 Å². The first-order chi connectivity index (χ1) is 12.6. The maximum absolute atomic E-state index is 6.17. The van der Waals surface area contributed by atoms with Gasteiger partial charge in [0, 0.05) is 28.9 Å². The van der Waals surface area contributed by atoms with Crippen molar-refractivity contribution in [1.82, 2.24) is 9.97 Å². The number of rotatable bonds is 3. The third-order valence-electron chi connectivity index (χ3n) is 4.01. The molecule has 1 N–H and O–H groups in total. The molecule has 26 heavy (non-hydrogen) atoms. The smallest absolute Gasteiger partial charge is 0.138 e. The van der Waals surface area contributed by atoms with E-state index < -0.39 is 0 Å². The summed E-state index contributed by atoms with van der Waals surface area (Å²) in [4.78, 5) is 8.43. The summed E-state index contributed by atoms with van der Waals surface area (Å²) in [6, 6.07) is 24.6. The highest BCUT2D eigenvalue weighted by Crippen LogP contribution is 2.34. The Bertz CT molecular complexity index is 1030. The van der Waals surface area contributed by atoms with Crippen molar-refractivity contribution < 1.29 is 0 Å². The topological polar surface area (TPSA) is 28.7 Å². The van der Waals surface area contributed by atoms with Crippen LogP contribution in [0, 0.1) is 7.14 Å². The van der Waals surface area contributed by atoms with Crippen molar-refractivity contribution in [2.45, 2.75) is 0 Å². The Labute approximate surface area is 184 Å². The summed E-state index contributed by atoms with van der Waals surface area (Å²) in [6.45, 7) is 0. The van der Waals surface area contributed by atoms with Crippen molar-refractivity contribution in [3.63, 3.8) is 0 Å². The first kappa shape index (κ1) is 18.0. The molecule has 1 heterocycles. The van der Waals surface area contributed by atoms with Gasteiger partial charge in [-0.15, -0.1) is 0 Å². The maximum Gasteiger partial charge on any atom is 0.138 e. The number of nitrogens with zero attached hydrogens (tertiary/aromatic N) is 1. The molecule has 0 aliphatic carbocycles. The first-order valence-corrected chi connectivity index (χ1v) is 10.5. The van der Waals surface area contributed by atoms with Gasteiger partial charge >= 0.3 is 0 Å². The van der Waals surface area contributed by atoms with Crippen LogP contribution >= 0.6 is 56.8 Å². The molecule has 0 amide bonds. The van der Waals surface area contributed by atoms with Crippen LogP contribution in [0.15, 0.2) is 72.8 Å². The van der Waals surface area contributed by atoms with Crippen molar-refractivity contribution in [3.05, 3.63) is 85.0 Å². The van der Waals surface area contributed by atoms with Crippen molar-refractivity contribution in [2.75, 3.05) is 0 Å². The van der Waals surface area contributed by atoms with Crippen molar-refractivity contribution in [2.24, 2.45) is 0 Å². The molecule has 0 aliphatic rings. The summed E-state index contributed by atoms with van der Waals surface area (Å²) in [5.74, 6) is 0.815. The van der Waals surface area contributed by atoms with Crippen LogP contribution in [-0.4, -0.2) is 9.97 Å². The number of hydrogen-bond donors (Lipinski definition) is 1. The number of aromatic nitrogens is 2. The van der Waals surface area contributed by atoms with E-state index in [0.717, 1.165) is 33.9 Å². The second-order valence-electron chi connectivity index (χ2n) is 5.84. The molecule has 0 radical (unpaired) electrons. The fourth-order valence-corrected chi connectivity index (χ4v) is 4.12. The normalized spacial score (nSPS) is 10.9. The lowest BCUT2D eigenvalue weighted by Crippen LogP contribution is -1.85. The zero-order valence-corrected chi connectivity index (χ0v) is 18.6. The molecule has 5 heteroatoms. The van der Waals surface area contributed by atoms with Gasteiger partial charge in [0.1, 0.15) is 5.82 Å². The third kappa shape index (κ3) is 3.82. The van der Waals surface area contributed by atoms with E-state index in [1.165, 1.54) is 7.14 Å². The second-order valence-corrected chi connectivity index (χ2v) is 8.77. The number of nitrogens with one attached hydrogen (secondary N) is 1. The largest absolute Gasteiger partial charge is 0.337 e. The molecule has 3 aromatic carbocycles. The average Bonchev–Trinajstić information content (AvgIpc) is 3.07. The molecule has 0 atom stereocenters. The van der Waals surface area contributed by atoms with Crippen LogP contribution in [0.4, 0.5) is 0 Å². The zero-order chi connectivity index (χ0) is 18.1. The molecule has 1 aromatic heterocycles. The molecule has 0 fully saturated rings. The molecule has 4 aromatic rings. The Balaban J connectivity index is 1.93. The van der Waals surface area contributed by atoms with Crippen LogP contribution in [0.25, 0.3) is 33.9 Å². The Morgan fingerprint density at radius 1 is 0.731 bits per heavy atom. The highest BCUT2D eigenvalue weighted by Gasteiger charge is 2.16. The molecule has 0 saturated heterocycles. The molecular formula is C21H13ClI2N2. The summed E-state index contributed by atoms with van der Waals surface area (Å²) in [5, 5.41) is 0.700. The fraction of sp³-hybridized carbons (Fsp3) is 0. The van der Waals surface area contributed by atoms with E-state index >= 15 is 0 Å². The van der Waals surface area contributed by atoms with Gasteiger partial charge in [-0.05, 0) is 81.6 Å². The van der Waals surface area contributed by atoms with E-state index in [4.69, 9.17) is 16.6 Å². The maximum atomic E-state index is 6.17. The van der Waals surface area contributed by atoms with Gasteiger partial charge in [-0.3, -0.25) is 0 Å². The predicted molar refractivity (Wildman–Crippen MR) is 125 cm³/mol. The molecule has 0 unspecified atom stereocenters. The number of hydrogen-bond acceptors (Lipinski definition) is 1. The Kier molecular flexibility index (Phi) is 5.33. The summed E-state index contributed by atoms with van der Waals surface area (Å²) in [6.07, 6.45) is 0. The van der Waals surface area contributed by atoms with Crippen molar-refractivity contribution in [1.29, 1.82) is 0 Å². The van der Waals surface area contributed by atoms with Crippen LogP contribution in [-0.2, 0) is 0 Å². The predicted octanol–water partition coefficient (Wildman–Crippen LogP) is 7.27. The van der Waals surface area contributed by atoms with Crippen LogP contribution in [0.3, 0.4) is 0 Å². The van der Waals surface area contributed by atoms with E-state index in [9.17, 15) is 0 Å². The minimum absolute atomic E-state index is 0.700. The van der Waals surface area contributed by atoms with Gasteiger partial charge in [0.2, 0.25) is 0 Å². The van der Waals surface area contributed by atoms with Crippen molar-refractivity contribution >= 4 is 56.8 Å². The molecule has 128 valence electrons. The standard InChI is InChI=1S/C21H13ClI2N2/c22-16-7-1-6-15(10-16)21-25-19(13-4-2-8-17(23)11-13)20(26-21)14-5-3-9-18(24)12-14/h1-12H,(H,25,26). The summed E-state index contributed by atoms with van der Waals surface area (Å²) >= 11 is 10.8. The zero-order valence-electron chi connectivity index (χ0n) is 13.5. The summed E-state index contributed by atoms with van der Waals surface area (Å²) in [7, 11) is 0. The molecular weight excluding hydrogens is 570 g/mol. The van der Waals surface area contributed by atoms with E-state index in [1.54, 1.807) is 0 Å². The van der Waals surface area contributed by atoms with E-state index in [1.807, 2.05) is 24.3 Å². The lowest BCUT2D eigenvalue weighted by Gasteiger charge is -2.04. The Hall–Kier alpha value is -1.38. The molecule has 0 saturated carbocycles. The number of aromatic amines is 1. The minimum Gasteiger partial charge on any atom is -0.337 e. The molecule has 0 spiro atoms. The lowest BCUT2D eigenvalue weighted by molar-refractivity contribution is 1.31. The van der Waals surface area contributed by atoms with Gasteiger partial charge in [0.25, 0.3) is 0 Å². The number of imidazole rings is 1. The molecule has 0 bridgehead atoms. The summed E-state index contributed by atoms with van der Waals surface area (Å²) < 4.78 is 2.37. The van der Waals surface area contributed by atoms with Gasteiger partial charge in [0.05, 0.1) is 11.4 Å². The SMILES string of the molecule is Clc1cccc(-c2nc(-c3cccc(I)c3)c(-c3cccc(I)c3)[nH]2)c1. The van der Waals surface area contributed by atoms with Crippen LogP contribution < -0.4 is 0 Å². The van der Waals surface area contributed by atoms with Crippen molar-refractivity contribution in [3.8, 4) is 33.9 Å². The summed E-state index contributed by atoms with van der Waals surface area (Å²) in [5.41, 5.74) is 5.14. The molecule has 4 rings (SSSR count).